The molecule has 8 nitrogen and oxygen atoms in total. The van der Waals surface area contributed by atoms with Gasteiger partial charge in [-0.05, 0) is 24.3 Å². The minimum atomic E-state index is -3.98. The molecule has 0 spiro atoms. The molecule has 1 aliphatic rings. The van der Waals surface area contributed by atoms with Gasteiger partial charge in [-0.2, -0.15) is 8.42 Å². The molecular weight excluding hydrogens is 324 g/mol. The summed E-state index contributed by atoms with van der Waals surface area (Å²) in [7, 11) is -3.98. The minimum absolute atomic E-state index is 0.122. The van der Waals surface area contributed by atoms with Crippen LogP contribution in [-0.4, -0.2) is 78.2 Å². The molecule has 0 bridgehead atoms. The summed E-state index contributed by atoms with van der Waals surface area (Å²) in [5.41, 5.74) is 0.540. The highest BCUT2D eigenvalue weighted by atomic mass is 32.2. The summed E-state index contributed by atoms with van der Waals surface area (Å²) in [6.07, 6.45) is 0. The van der Waals surface area contributed by atoms with Crippen molar-refractivity contribution in [1.82, 2.24) is 9.80 Å². The lowest BCUT2D eigenvalue weighted by Crippen LogP contribution is -2.49. The van der Waals surface area contributed by atoms with E-state index in [1.807, 2.05) is 4.90 Å². The van der Waals surface area contributed by atoms with Crippen LogP contribution in [0.4, 0.5) is 0 Å². The largest absolute Gasteiger partial charge is 0.478 e. The molecule has 126 valence electrons. The number of amides is 1. The number of rotatable bonds is 5. The number of nitrogens with zero attached hydrogens (tertiary/aromatic N) is 2. The maximum atomic E-state index is 12.3. The predicted octanol–water partition coefficient (Wildman–Crippen LogP) is 0.0304. The number of hydrogen-bond donors (Lipinski definition) is 2. The van der Waals surface area contributed by atoms with Gasteiger partial charge in [0.25, 0.3) is 16.0 Å². The van der Waals surface area contributed by atoms with E-state index in [-0.39, 0.29) is 23.8 Å². The van der Waals surface area contributed by atoms with Crippen molar-refractivity contribution in [3.63, 3.8) is 0 Å². The van der Waals surface area contributed by atoms with Gasteiger partial charge >= 0.3 is 5.97 Å². The van der Waals surface area contributed by atoms with Crippen LogP contribution in [0.25, 0.3) is 0 Å². The van der Waals surface area contributed by atoms with Gasteiger partial charge in [-0.3, -0.25) is 14.2 Å². The van der Waals surface area contributed by atoms with E-state index in [4.69, 9.17) is 9.66 Å². The molecular formula is C14H18N2O6S. The Morgan fingerprint density at radius 1 is 1.00 bits per heavy atom. The summed E-state index contributed by atoms with van der Waals surface area (Å²) in [5, 5.41) is 8.84. The fourth-order valence-electron chi connectivity index (χ4n) is 2.36. The lowest BCUT2D eigenvalue weighted by Gasteiger charge is -2.34. The van der Waals surface area contributed by atoms with Crippen LogP contribution >= 0.6 is 0 Å². The Labute approximate surface area is 134 Å². The Kier molecular flexibility index (Phi) is 5.34. The highest BCUT2D eigenvalue weighted by molar-refractivity contribution is 7.85. The normalized spacial score (nSPS) is 16.3. The first kappa shape index (κ1) is 17.4. The van der Waals surface area contributed by atoms with Crippen LogP contribution in [0, 0.1) is 0 Å². The van der Waals surface area contributed by atoms with Crippen molar-refractivity contribution in [3.05, 3.63) is 35.4 Å². The molecule has 1 aromatic carbocycles. The SMILES string of the molecule is O=C(O)c1ccc(C(=O)N2CCN(CCS(=O)(=O)O)CC2)cc1. The van der Waals surface area contributed by atoms with Crippen LogP contribution in [0.3, 0.4) is 0 Å². The molecule has 1 saturated heterocycles. The Balaban J connectivity index is 1.89. The number of carboxylic acids is 1. The fourth-order valence-corrected chi connectivity index (χ4v) is 2.85. The van der Waals surface area contributed by atoms with Gasteiger partial charge in [0.05, 0.1) is 11.3 Å². The minimum Gasteiger partial charge on any atom is -0.478 e. The number of carbonyl (C=O) groups excluding carboxylic acids is 1. The smallest absolute Gasteiger partial charge is 0.335 e. The number of carbonyl (C=O) groups is 2. The van der Waals surface area contributed by atoms with E-state index >= 15 is 0 Å². The average molecular weight is 342 g/mol. The second-order valence-electron chi connectivity index (χ2n) is 5.30. The molecule has 0 aliphatic carbocycles. The van der Waals surface area contributed by atoms with Gasteiger partial charge in [-0.15, -0.1) is 0 Å². The third kappa shape index (κ3) is 5.02. The van der Waals surface area contributed by atoms with Crippen molar-refractivity contribution in [2.24, 2.45) is 0 Å². The Morgan fingerprint density at radius 2 is 1.52 bits per heavy atom. The zero-order valence-corrected chi connectivity index (χ0v) is 13.2. The Hall–Kier alpha value is -1.97. The summed E-state index contributed by atoms with van der Waals surface area (Å²) in [4.78, 5) is 26.6. The second-order valence-corrected chi connectivity index (χ2v) is 6.87. The van der Waals surface area contributed by atoms with Gasteiger partial charge in [0, 0.05) is 38.3 Å². The highest BCUT2D eigenvalue weighted by Crippen LogP contribution is 2.10. The lowest BCUT2D eigenvalue weighted by molar-refractivity contribution is 0.0640. The zero-order valence-electron chi connectivity index (χ0n) is 12.4. The molecule has 0 radical (unpaired) electrons. The van der Waals surface area contributed by atoms with Gasteiger partial charge in [0.2, 0.25) is 0 Å². The first-order chi connectivity index (χ1) is 10.8. The summed E-state index contributed by atoms with van der Waals surface area (Å²) < 4.78 is 30.2. The van der Waals surface area contributed by atoms with Crippen molar-refractivity contribution in [3.8, 4) is 0 Å². The van der Waals surface area contributed by atoms with E-state index in [0.29, 0.717) is 31.7 Å². The molecule has 1 heterocycles. The molecule has 1 fully saturated rings. The fraction of sp³-hybridized carbons (Fsp3) is 0.429. The first-order valence-electron chi connectivity index (χ1n) is 7.06. The molecule has 0 unspecified atom stereocenters. The van der Waals surface area contributed by atoms with Crippen LogP contribution in [0.2, 0.25) is 0 Å². The van der Waals surface area contributed by atoms with Crippen molar-refractivity contribution in [1.29, 1.82) is 0 Å². The second kappa shape index (κ2) is 7.07. The number of benzene rings is 1. The molecule has 0 atom stereocenters. The third-order valence-corrected chi connectivity index (χ3v) is 4.40. The van der Waals surface area contributed by atoms with Gasteiger partial charge in [0.15, 0.2) is 0 Å². The van der Waals surface area contributed by atoms with Crippen LogP contribution in [0.15, 0.2) is 24.3 Å². The van der Waals surface area contributed by atoms with E-state index in [1.54, 1.807) is 4.90 Å². The van der Waals surface area contributed by atoms with E-state index in [2.05, 4.69) is 0 Å². The number of hydrogen-bond acceptors (Lipinski definition) is 5. The molecule has 2 rings (SSSR count). The lowest BCUT2D eigenvalue weighted by atomic mass is 10.1. The van der Waals surface area contributed by atoms with E-state index in [9.17, 15) is 18.0 Å². The predicted molar refractivity (Wildman–Crippen MR) is 82.2 cm³/mol. The zero-order chi connectivity index (χ0) is 17.0. The average Bonchev–Trinajstić information content (AvgIpc) is 2.52. The van der Waals surface area contributed by atoms with Crippen LogP contribution in [-0.2, 0) is 10.1 Å². The standard InChI is InChI=1S/C14H18N2O6S/c17-13(11-1-3-12(4-2-11)14(18)19)16-7-5-15(6-8-16)9-10-23(20,21)22/h1-4H,5-10H2,(H,18,19)(H,20,21,22). The van der Waals surface area contributed by atoms with Crippen molar-refractivity contribution in [2.45, 2.75) is 0 Å². The number of piperazine rings is 1. The molecule has 2 N–H and O–H groups in total. The van der Waals surface area contributed by atoms with Crippen molar-refractivity contribution < 1.29 is 27.7 Å². The Bertz CT molecular complexity index is 678. The van der Waals surface area contributed by atoms with Crippen LogP contribution in [0.1, 0.15) is 20.7 Å². The molecule has 1 amide bonds. The van der Waals surface area contributed by atoms with Gasteiger partial charge in [0.1, 0.15) is 0 Å². The quantitative estimate of drug-likeness (QED) is 0.725. The highest BCUT2D eigenvalue weighted by Gasteiger charge is 2.23. The monoisotopic (exact) mass is 342 g/mol. The first-order valence-corrected chi connectivity index (χ1v) is 8.67. The summed E-state index contributed by atoms with van der Waals surface area (Å²) in [5.74, 6) is -1.55. The Morgan fingerprint density at radius 3 is 2.00 bits per heavy atom. The van der Waals surface area contributed by atoms with Crippen molar-refractivity contribution >= 4 is 22.0 Å². The maximum Gasteiger partial charge on any atom is 0.335 e. The van der Waals surface area contributed by atoms with Gasteiger partial charge in [-0.1, -0.05) is 0 Å². The molecule has 1 aromatic rings. The number of carboxylic acid groups (broad SMARTS) is 1. The molecule has 1 aliphatic heterocycles. The third-order valence-electron chi connectivity index (χ3n) is 3.70. The van der Waals surface area contributed by atoms with Crippen molar-refractivity contribution in [2.75, 3.05) is 38.5 Å². The molecule has 0 aromatic heterocycles. The molecule has 23 heavy (non-hydrogen) atoms. The van der Waals surface area contributed by atoms with Gasteiger partial charge in [-0.25, -0.2) is 4.79 Å². The summed E-state index contributed by atoms with van der Waals surface area (Å²) in [6.45, 7) is 2.17. The molecule has 0 saturated carbocycles. The van der Waals surface area contributed by atoms with Crippen LogP contribution < -0.4 is 0 Å². The van der Waals surface area contributed by atoms with E-state index in [1.165, 1.54) is 24.3 Å². The summed E-state index contributed by atoms with van der Waals surface area (Å²) in [6, 6.07) is 5.74. The molecule has 9 heteroatoms. The van der Waals surface area contributed by atoms with E-state index in [0.717, 1.165) is 0 Å². The van der Waals surface area contributed by atoms with E-state index < -0.39 is 16.1 Å². The van der Waals surface area contributed by atoms with Crippen LogP contribution in [0.5, 0.6) is 0 Å². The summed E-state index contributed by atoms with van der Waals surface area (Å²) >= 11 is 0. The van der Waals surface area contributed by atoms with Gasteiger partial charge < -0.3 is 10.0 Å². The number of aromatic carboxylic acids is 1. The maximum absolute atomic E-state index is 12.3. The topological polar surface area (TPSA) is 115 Å².